The maximum atomic E-state index is 12.5. The summed E-state index contributed by atoms with van der Waals surface area (Å²) in [5, 5.41) is 2.13. The average molecular weight is 421 g/mol. The third-order valence-electron chi connectivity index (χ3n) is 4.95. The quantitative estimate of drug-likeness (QED) is 0.485. The molecule has 0 N–H and O–H groups in total. The minimum absolute atomic E-state index is 0.280. The van der Waals surface area contributed by atoms with Gasteiger partial charge < -0.3 is 19.1 Å². The van der Waals surface area contributed by atoms with Gasteiger partial charge in [-0.3, -0.25) is 4.79 Å². The number of carbonyl (C=O) groups is 2. The molecule has 0 unspecified atom stereocenters. The van der Waals surface area contributed by atoms with Crippen LogP contribution in [0, 0.1) is 0 Å². The number of hydrogen-bond donors (Lipinski definition) is 0. The first-order valence-corrected chi connectivity index (χ1v) is 10.2. The standard InChI is InChI=1S/C25H27NO5/c1-4-23(31-21-8-6-5-7-9-21)25(28)30-17-24(27)26(2)16-18-10-11-20-15-22(29-3)13-12-19(20)14-18/h5-15,23H,4,16-17H2,1-3H3/t23-/m1/s1. The fourth-order valence-electron chi connectivity index (χ4n) is 3.16. The molecule has 0 aromatic heterocycles. The minimum Gasteiger partial charge on any atom is -0.497 e. The van der Waals surface area contributed by atoms with Crippen molar-refractivity contribution in [3.63, 3.8) is 0 Å². The van der Waals surface area contributed by atoms with Gasteiger partial charge in [-0.2, -0.15) is 0 Å². The van der Waals surface area contributed by atoms with E-state index in [1.807, 2.05) is 61.5 Å². The number of fused-ring (bicyclic) bond motifs is 1. The number of amides is 1. The van der Waals surface area contributed by atoms with Gasteiger partial charge in [-0.1, -0.05) is 43.3 Å². The molecule has 0 saturated carbocycles. The fourth-order valence-corrected chi connectivity index (χ4v) is 3.16. The van der Waals surface area contributed by atoms with Crippen molar-refractivity contribution in [2.45, 2.75) is 26.0 Å². The maximum Gasteiger partial charge on any atom is 0.347 e. The van der Waals surface area contributed by atoms with Crippen molar-refractivity contribution in [1.29, 1.82) is 0 Å². The molecule has 0 aliphatic carbocycles. The van der Waals surface area contributed by atoms with E-state index >= 15 is 0 Å². The first-order valence-electron chi connectivity index (χ1n) is 10.2. The Balaban J connectivity index is 1.53. The van der Waals surface area contributed by atoms with Crippen LogP contribution in [-0.4, -0.2) is 43.6 Å². The van der Waals surface area contributed by atoms with Crippen LogP contribution in [-0.2, 0) is 20.9 Å². The summed E-state index contributed by atoms with van der Waals surface area (Å²) < 4.78 is 16.1. The van der Waals surface area contributed by atoms with Crippen molar-refractivity contribution < 1.29 is 23.8 Å². The van der Waals surface area contributed by atoms with E-state index in [9.17, 15) is 9.59 Å². The van der Waals surface area contributed by atoms with Gasteiger partial charge in [0, 0.05) is 13.6 Å². The van der Waals surface area contributed by atoms with E-state index in [2.05, 4.69) is 0 Å². The van der Waals surface area contributed by atoms with Gasteiger partial charge in [-0.05, 0) is 53.1 Å². The van der Waals surface area contributed by atoms with Gasteiger partial charge in [0.05, 0.1) is 7.11 Å². The van der Waals surface area contributed by atoms with E-state index in [1.165, 1.54) is 4.90 Å². The van der Waals surface area contributed by atoms with E-state index < -0.39 is 12.1 Å². The highest BCUT2D eigenvalue weighted by molar-refractivity contribution is 5.85. The van der Waals surface area contributed by atoms with Gasteiger partial charge in [-0.25, -0.2) is 4.79 Å². The predicted molar refractivity (Wildman–Crippen MR) is 119 cm³/mol. The molecule has 0 saturated heterocycles. The molecule has 0 spiro atoms. The molecule has 3 aromatic rings. The lowest BCUT2D eigenvalue weighted by atomic mass is 10.1. The van der Waals surface area contributed by atoms with E-state index in [0.29, 0.717) is 18.7 Å². The molecular formula is C25H27NO5. The van der Waals surface area contributed by atoms with Crippen LogP contribution in [0.2, 0.25) is 0 Å². The Kier molecular flexibility index (Phi) is 7.49. The number of likely N-dealkylation sites (N-methyl/N-ethyl adjacent to an activating group) is 1. The normalized spacial score (nSPS) is 11.6. The lowest BCUT2D eigenvalue weighted by Crippen LogP contribution is -2.34. The summed E-state index contributed by atoms with van der Waals surface area (Å²) in [6.07, 6.45) is -0.308. The third-order valence-corrected chi connectivity index (χ3v) is 4.95. The molecule has 0 radical (unpaired) electrons. The number of methoxy groups -OCH3 is 1. The van der Waals surface area contributed by atoms with Gasteiger partial charge in [0.1, 0.15) is 11.5 Å². The van der Waals surface area contributed by atoms with Crippen LogP contribution in [0.5, 0.6) is 11.5 Å². The summed E-state index contributed by atoms with van der Waals surface area (Å²) in [4.78, 5) is 26.3. The predicted octanol–water partition coefficient (Wildman–Crippen LogP) is 4.21. The Hall–Kier alpha value is -3.54. The van der Waals surface area contributed by atoms with Crippen LogP contribution in [0.1, 0.15) is 18.9 Å². The first kappa shape index (κ1) is 22.2. The van der Waals surface area contributed by atoms with Crippen LogP contribution in [0.25, 0.3) is 10.8 Å². The molecule has 0 heterocycles. The molecule has 0 fully saturated rings. The highest BCUT2D eigenvalue weighted by atomic mass is 16.6. The number of nitrogens with zero attached hydrogens (tertiary/aromatic N) is 1. The van der Waals surface area contributed by atoms with E-state index in [-0.39, 0.29) is 12.5 Å². The molecular weight excluding hydrogens is 394 g/mol. The molecule has 1 amide bonds. The second-order valence-corrected chi connectivity index (χ2v) is 7.23. The van der Waals surface area contributed by atoms with Crippen molar-refractivity contribution in [3.8, 4) is 11.5 Å². The van der Waals surface area contributed by atoms with Gasteiger partial charge >= 0.3 is 5.97 Å². The topological polar surface area (TPSA) is 65.1 Å². The van der Waals surface area contributed by atoms with Gasteiger partial charge in [0.2, 0.25) is 0 Å². The molecule has 1 atom stereocenters. The lowest BCUT2D eigenvalue weighted by molar-refractivity contribution is -0.158. The summed E-state index contributed by atoms with van der Waals surface area (Å²) in [5.74, 6) is 0.560. The Bertz CT molecular complexity index is 1030. The maximum absolute atomic E-state index is 12.5. The van der Waals surface area contributed by atoms with Gasteiger partial charge in [0.25, 0.3) is 5.91 Å². The Morgan fingerprint density at radius 3 is 2.35 bits per heavy atom. The molecule has 0 aliphatic heterocycles. The molecule has 3 aromatic carbocycles. The third kappa shape index (κ3) is 5.98. The van der Waals surface area contributed by atoms with Crippen LogP contribution in [0.15, 0.2) is 66.7 Å². The molecule has 6 heteroatoms. The number of para-hydroxylation sites is 1. The number of benzene rings is 3. The van der Waals surface area contributed by atoms with Crippen molar-refractivity contribution in [3.05, 3.63) is 72.3 Å². The van der Waals surface area contributed by atoms with Gasteiger partial charge in [0.15, 0.2) is 12.7 Å². The summed E-state index contributed by atoms with van der Waals surface area (Å²) in [6.45, 7) is 1.92. The van der Waals surface area contributed by atoms with E-state index in [1.54, 1.807) is 26.3 Å². The lowest BCUT2D eigenvalue weighted by Gasteiger charge is -2.19. The highest BCUT2D eigenvalue weighted by Gasteiger charge is 2.22. The largest absolute Gasteiger partial charge is 0.497 e. The van der Waals surface area contributed by atoms with Crippen molar-refractivity contribution >= 4 is 22.6 Å². The smallest absolute Gasteiger partial charge is 0.347 e. The molecule has 3 rings (SSSR count). The number of ether oxygens (including phenoxy) is 3. The number of carbonyl (C=O) groups excluding carboxylic acids is 2. The summed E-state index contributed by atoms with van der Waals surface area (Å²) in [6, 6.07) is 20.9. The Morgan fingerprint density at radius 1 is 0.935 bits per heavy atom. The molecule has 6 nitrogen and oxygen atoms in total. The number of hydrogen-bond acceptors (Lipinski definition) is 5. The average Bonchev–Trinajstić information content (AvgIpc) is 2.80. The molecule has 31 heavy (non-hydrogen) atoms. The number of rotatable bonds is 9. The van der Waals surface area contributed by atoms with E-state index in [4.69, 9.17) is 14.2 Å². The molecule has 162 valence electrons. The zero-order valence-corrected chi connectivity index (χ0v) is 18.0. The fraction of sp³-hybridized carbons (Fsp3) is 0.280. The number of esters is 1. The SMILES string of the molecule is CC[C@@H](Oc1ccccc1)C(=O)OCC(=O)N(C)Cc1ccc2cc(OC)ccc2c1. The molecule has 0 aliphatic rings. The van der Waals surface area contributed by atoms with Crippen molar-refractivity contribution in [1.82, 2.24) is 4.90 Å². The zero-order valence-electron chi connectivity index (χ0n) is 18.0. The minimum atomic E-state index is -0.752. The highest BCUT2D eigenvalue weighted by Crippen LogP contribution is 2.22. The summed E-state index contributed by atoms with van der Waals surface area (Å²) in [7, 11) is 3.32. The van der Waals surface area contributed by atoms with E-state index in [0.717, 1.165) is 22.1 Å². The van der Waals surface area contributed by atoms with Crippen molar-refractivity contribution in [2.24, 2.45) is 0 Å². The summed E-state index contributed by atoms with van der Waals surface area (Å²) in [5.41, 5.74) is 0.985. The van der Waals surface area contributed by atoms with Crippen molar-refractivity contribution in [2.75, 3.05) is 20.8 Å². The Morgan fingerprint density at radius 2 is 1.65 bits per heavy atom. The van der Waals surface area contributed by atoms with Crippen LogP contribution >= 0.6 is 0 Å². The second kappa shape index (κ2) is 10.5. The monoisotopic (exact) mass is 421 g/mol. The second-order valence-electron chi connectivity index (χ2n) is 7.23. The van der Waals surface area contributed by atoms with Gasteiger partial charge in [-0.15, -0.1) is 0 Å². The zero-order chi connectivity index (χ0) is 22.2. The first-order chi connectivity index (χ1) is 15.0. The Labute approximate surface area is 182 Å². The van der Waals surface area contributed by atoms with Crippen LogP contribution in [0.4, 0.5) is 0 Å². The van der Waals surface area contributed by atoms with Crippen LogP contribution in [0.3, 0.4) is 0 Å². The molecule has 0 bridgehead atoms. The van der Waals surface area contributed by atoms with Crippen LogP contribution < -0.4 is 9.47 Å². The summed E-state index contributed by atoms with van der Waals surface area (Å²) >= 11 is 0.